The van der Waals surface area contributed by atoms with Crippen molar-refractivity contribution >= 4 is 23.9 Å². The Bertz CT molecular complexity index is 710. The topological polar surface area (TPSA) is 144 Å². The zero-order valence-corrected chi connectivity index (χ0v) is 22.2. The molecule has 1 N–H and O–H groups in total. The number of hydrogen-bond acceptors (Lipinski definition) is 11. The van der Waals surface area contributed by atoms with Crippen molar-refractivity contribution in [2.24, 2.45) is 0 Å². The summed E-state index contributed by atoms with van der Waals surface area (Å²) in [6.07, 6.45) is -2.34. The second-order valence-corrected chi connectivity index (χ2v) is 8.93. The van der Waals surface area contributed by atoms with Crippen LogP contribution in [0.3, 0.4) is 0 Å². The van der Waals surface area contributed by atoms with Crippen molar-refractivity contribution in [1.29, 1.82) is 0 Å². The number of carbonyl (C=O) groups is 4. The van der Waals surface area contributed by atoms with Gasteiger partial charge in [-0.3, -0.25) is 19.2 Å². The van der Waals surface area contributed by atoms with E-state index < -0.39 is 60.7 Å². The molecule has 0 radical (unpaired) electrons. The van der Waals surface area contributed by atoms with Gasteiger partial charge in [0.25, 0.3) is 0 Å². The average molecular weight is 519 g/mol. The summed E-state index contributed by atoms with van der Waals surface area (Å²) in [6, 6.07) is 0. The van der Waals surface area contributed by atoms with E-state index in [1.165, 1.54) is 20.8 Å². The first-order chi connectivity index (χ1) is 17.0. The minimum Gasteiger partial charge on any atom is -0.466 e. The van der Waals surface area contributed by atoms with Crippen LogP contribution in [0.1, 0.15) is 86.5 Å². The van der Waals surface area contributed by atoms with E-state index in [1.54, 1.807) is 13.8 Å². The van der Waals surface area contributed by atoms with Gasteiger partial charge in [-0.15, -0.1) is 0 Å². The van der Waals surface area contributed by atoms with Crippen LogP contribution in [0.4, 0.5) is 0 Å². The highest BCUT2D eigenvalue weighted by molar-refractivity contribution is 5.70. The first-order valence-corrected chi connectivity index (χ1v) is 12.6. The molecule has 1 saturated heterocycles. The van der Waals surface area contributed by atoms with Gasteiger partial charge in [0.15, 0.2) is 24.6 Å². The van der Waals surface area contributed by atoms with Crippen LogP contribution >= 0.6 is 0 Å². The Morgan fingerprint density at radius 1 is 0.833 bits per heavy atom. The van der Waals surface area contributed by atoms with E-state index >= 15 is 0 Å². The number of hydrogen-bond donors (Lipinski definition) is 1. The number of carbonyl (C=O) groups excluding carboxylic acids is 4. The number of esters is 4. The lowest BCUT2D eigenvalue weighted by Gasteiger charge is -2.44. The first-order valence-electron chi connectivity index (χ1n) is 12.6. The molecule has 0 amide bonds. The Morgan fingerprint density at radius 2 is 1.39 bits per heavy atom. The summed E-state index contributed by atoms with van der Waals surface area (Å²) in [5.41, 5.74) is 0. The largest absolute Gasteiger partial charge is 0.466 e. The van der Waals surface area contributed by atoms with Gasteiger partial charge in [-0.05, 0) is 39.5 Å². The summed E-state index contributed by atoms with van der Waals surface area (Å²) in [5, 5.41) is 10.1. The fourth-order valence-corrected chi connectivity index (χ4v) is 4.08. The molecule has 0 aromatic rings. The van der Waals surface area contributed by atoms with Gasteiger partial charge in [-0.2, -0.15) is 0 Å². The molecule has 0 bridgehead atoms. The van der Waals surface area contributed by atoms with Crippen LogP contribution in [-0.2, 0) is 47.6 Å². The normalized spacial score (nSPS) is 25.4. The highest BCUT2D eigenvalue weighted by atomic mass is 16.7. The molecule has 0 saturated carbocycles. The highest BCUT2D eigenvalue weighted by Gasteiger charge is 2.51. The molecular formula is C25H42O11. The predicted octanol–water partition coefficient (Wildman–Crippen LogP) is 2.59. The lowest BCUT2D eigenvalue weighted by molar-refractivity contribution is -0.311. The van der Waals surface area contributed by atoms with Gasteiger partial charge >= 0.3 is 23.9 Å². The maximum Gasteiger partial charge on any atom is 0.308 e. The van der Waals surface area contributed by atoms with Crippen LogP contribution in [0.25, 0.3) is 0 Å². The number of ether oxygens (including phenoxy) is 6. The quantitative estimate of drug-likeness (QED) is 0.252. The van der Waals surface area contributed by atoms with Crippen LogP contribution in [0, 0.1) is 0 Å². The molecule has 0 aromatic heterocycles. The Balaban J connectivity index is 2.99. The van der Waals surface area contributed by atoms with Crippen LogP contribution in [0.5, 0.6) is 0 Å². The van der Waals surface area contributed by atoms with E-state index in [1.807, 2.05) is 6.92 Å². The maximum absolute atomic E-state index is 11.9. The molecule has 1 fully saturated rings. The molecule has 11 heteroatoms. The van der Waals surface area contributed by atoms with Crippen molar-refractivity contribution < 1.29 is 52.7 Å². The van der Waals surface area contributed by atoms with Gasteiger partial charge in [-0.1, -0.05) is 19.8 Å². The molecule has 1 heterocycles. The SMILES string of the molecule is CCCCC(CCCC(O)CC(=O)OCC)OC1O[C@@H](C)[C@@H](OC(C)=O)[C@@H](OC(C)=O)[C@@H]1OC(C)=O. The van der Waals surface area contributed by atoms with Crippen molar-refractivity contribution in [3.63, 3.8) is 0 Å². The van der Waals surface area contributed by atoms with Crippen molar-refractivity contribution in [2.75, 3.05) is 6.61 Å². The van der Waals surface area contributed by atoms with E-state index in [0.717, 1.165) is 12.8 Å². The van der Waals surface area contributed by atoms with E-state index in [4.69, 9.17) is 28.4 Å². The molecule has 11 nitrogen and oxygen atoms in total. The number of aliphatic hydroxyl groups is 1. The number of aliphatic hydroxyl groups excluding tert-OH is 1. The average Bonchev–Trinajstić information content (AvgIpc) is 2.76. The Hall–Kier alpha value is -2.24. The monoisotopic (exact) mass is 518 g/mol. The molecular weight excluding hydrogens is 476 g/mol. The molecule has 0 spiro atoms. The van der Waals surface area contributed by atoms with Crippen LogP contribution in [0.2, 0.25) is 0 Å². The Kier molecular flexibility index (Phi) is 14.6. The smallest absolute Gasteiger partial charge is 0.308 e. The molecule has 0 aliphatic carbocycles. The zero-order chi connectivity index (χ0) is 27.3. The standard InChI is InChI=1S/C25H42O11/c1-7-9-12-20(13-10-11-19(29)14-21(30)31-8-2)36-25-24(35-18(6)28)23(34-17(5)27)22(15(3)32-25)33-16(4)26/h15,19-20,22-25,29H,7-14H2,1-6H3/t15-,19?,20?,22+,23+,24-,25?/m0/s1. The van der Waals surface area contributed by atoms with Gasteiger partial charge in [0.05, 0.1) is 31.3 Å². The van der Waals surface area contributed by atoms with Crippen molar-refractivity contribution in [3.8, 4) is 0 Å². The summed E-state index contributed by atoms with van der Waals surface area (Å²) >= 11 is 0. The third kappa shape index (κ3) is 11.7. The van der Waals surface area contributed by atoms with E-state index in [2.05, 4.69) is 0 Å². The predicted molar refractivity (Wildman–Crippen MR) is 127 cm³/mol. The third-order valence-electron chi connectivity index (χ3n) is 5.61. The van der Waals surface area contributed by atoms with E-state index in [-0.39, 0.29) is 19.1 Å². The van der Waals surface area contributed by atoms with E-state index in [9.17, 15) is 24.3 Å². The molecule has 36 heavy (non-hydrogen) atoms. The van der Waals surface area contributed by atoms with Crippen molar-refractivity contribution in [2.45, 2.75) is 129 Å². The second-order valence-electron chi connectivity index (χ2n) is 8.93. The Morgan fingerprint density at radius 3 is 1.94 bits per heavy atom. The number of rotatable bonds is 15. The van der Waals surface area contributed by atoms with Gasteiger partial charge in [-0.25, -0.2) is 0 Å². The number of unbranched alkanes of at least 4 members (excludes halogenated alkanes) is 1. The lowest BCUT2D eigenvalue weighted by atomic mass is 9.98. The van der Waals surface area contributed by atoms with Gasteiger partial charge in [0.2, 0.25) is 0 Å². The zero-order valence-electron chi connectivity index (χ0n) is 22.2. The molecule has 1 aliphatic rings. The van der Waals surface area contributed by atoms with E-state index in [0.29, 0.717) is 25.7 Å². The minimum atomic E-state index is -1.16. The second kappa shape index (κ2) is 16.5. The van der Waals surface area contributed by atoms with Crippen LogP contribution in [-0.4, -0.2) is 78.5 Å². The summed E-state index contributed by atoms with van der Waals surface area (Å²) in [7, 11) is 0. The summed E-state index contributed by atoms with van der Waals surface area (Å²) in [5.74, 6) is -2.33. The Labute approximate surface area is 213 Å². The van der Waals surface area contributed by atoms with Crippen molar-refractivity contribution in [1.82, 2.24) is 0 Å². The lowest BCUT2D eigenvalue weighted by Crippen LogP contribution is -2.61. The molecule has 7 atom stereocenters. The molecule has 0 aromatic carbocycles. The van der Waals surface area contributed by atoms with Gasteiger partial charge in [0.1, 0.15) is 0 Å². The van der Waals surface area contributed by atoms with Gasteiger partial charge < -0.3 is 33.5 Å². The molecule has 1 aliphatic heterocycles. The maximum atomic E-state index is 11.9. The molecule has 3 unspecified atom stereocenters. The molecule has 1 rings (SSSR count). The summed E-state index contributed by atoms with van der Waals surface area (Å²) < 4.78 is 33.3. The fourth-order valence-electron chi connectivity index (χ4n) is 4.08. The minimum absolute atomic E-state index is 0.0757. The first kappa shape index (κ1) is 31.8. The fraction of sp³-hybridized carbons (Fsp3) is 0.840. The van der Waals surface area contributed by atoms with Crippen LogP contribution in [0.15, 0.2) is 0 Å². The van der Waals surface area contributed by atoms with Crippen LogP contribution < -0.4 is 0 Å². The summed E-state index contributed by atoms with van der Waals surface area (Å²) in [6.45, 7) is 9.29. The highest BCUT2D eigenvalue weighted by Crippen LogP contribution is 2.31. The van der Waals surface area contributed by atoms with Crippen molar-refractivity contribution in [3.05, 3.63) is 0 Å². The molecule has 208 valence electrons. The van der Waals surface area contributed by atoms with Gasteiger partial charge in [0, 0.05) is 20.8 Å². The third-order valence-corrected chi connectivity index (χ3v) is 5.61. The summed E-state index contributed by atoms with van der Waals surface area (Å²) in [4.78, 5) is 47.0.